The average molecular weight is 842 g/mol. The summed E-state index contributed by atoms with van der Waals surface area (Å²) in [5, 5.41) is -0.247. The number of imide groups is 1. The Bertz CT molecular complexity index is 2480. The summed E-state index contributed by atoms with van der Waals surface area (Å²) in [6.07, 6.45) is -3.26. The molecular formula is C42H28F13NO3. The van der Waals surface area contributed by atoms with E-state index in [9.17, 15) is 57.9 Å². The normalized spacial score (nSPS) is 14.2. The second kappa shape index (κ2) is 15.1. The monoisotopic (exact) mass is 841 g/mol. The Hall–Kier alpha value is -5.79. The van der Waals surface area contributed by atoms with Crippen molar-refractivity contribution in [2.75, 3.05) is 11.5 Å². The van der Waals surface area contributed by atoms with Crippen LogP contribution in [0.4, 0.5) is 62.8 Å². The summed E-state index contributed by atoms with van der Waals surface area (Å²) in [5.74, 6) is -34.0. The molecule has 0 spiro atoms. The number of amides is 2. The number of benzene rings is 5. The summed E-state index contributed by atoms with van der Waals surface area (Å²) in [7, 11) is 0. The zero-order chi connectivity index (χ0) is 43.3. The molecule has 0 aliphatic carbocycles. The molecule has 5 aromatic carbocycles. The van der Waals surface area contributed by atoms with Gasteiger partial charge in [0.1, 0.15) is 5.75 Å². The lowest BCUT2D eigenvalue weighted by Crippen LogP contribution is -2.69. The SMILES string of the molecule is CCCCCCOc1ccc2cc(C#Cc3ccc(N4C(=O)c5cccc6c(C(F)(F)C(F)(F)C(F)(F)C(F)(F)C(F)(F)C(F)(F)F)ccc(c56)C4=O)cc3)ccc2c1. The number of hydrogen-bond donors (Lipinski definition) is 0. The van der Waals surface area contributed by atoms with Crippen molar-refractivity contribution in [1.82, 2.24) is 0 Å². The fourth-order valence-corrected chi connectivity index (χ4v) is 6.49. The lowest BCUT2D eigenvalue weighted by molar-refractivity contribution is -0.441. The first-order chi connectivity index (χ1) is 27.5. The minimum Gasteiger partial charge on any atom is -0.494 e. The van der Waals surface area contributed by atoms with Gasteiger partial charge in [-0.1, -0.05) is 68.4 Å². The van der Waals surface area contributed by atoms with E-state index in [-0.39, 0.29) is 11.8 Å². The number of unbranched alkanes of at least 4 members (excludes halogenated alkanes) is 3. The summed E-state index contributed by atoms with van der Waals surface area (Å²) in [6, 6.07) is 19.2. The van der Waals surface area contributed by atoms with Gasteiger partial charge in [0, 0.05) is 33.2 Å². The Labute approximate surface area is 326 Å². The quantitative estimate of drug-likeness (QED) is 0.0544. The van der Waals surface area contributed by atoms with Gasteiger partial charge in [-0.2, -0.15) is 57.1 Å². The summed E-state index contributed by atoms with van der Waals surface area (Å²) in [6.45, 7) is 2.74. The van der Waals surface area contributed by atoms with Crippen LogP contribution in [0.25, 0.3) is 21.5 Å². The molecule has 2 amide bonds. The molecule has 0 atom stereocenters. The molecule has 17 heteroatoms. The number of carbonyl (C=O) groups is 2. The van der Waals surface area contributed by atoms with E-state index in [4.69, 9.17) is 4.74 Å². The minimum absolute atomic E-state index is 0.0783. The highest BCUT2D eigenvalue weighted by atomic mass is 19.4. The molecule has 0 fully saturated rings. The summed E-state index contributed by atoms with van der Waals surface area (Å²) < 4.78 is 187. The Morgan fingerprint density at radius 1 is 0.576 bits per heavy atom. The molecule has 6 rings (SSSR count). The van der Waals surface area contributed by atoms with Crippen LogP contribution in [-0.4, -0.2) is 48.3 Å². The standard InChI is InChI=1S/C42H28F13NO3/c1-2-3-4-5-21-59-29-18-15-26-22-25(11-14-27(26)23-29)10-9-24-12-16-28(17-13-24)56-35(57)31-8-6-7-30-33(20-19-32(34(30)31)36(56)58)37(43,44)38(45,46)39(47,48)40(49,50)41(51,52)42(53,54)55/h6-8,11-20,22-23H,2-5,21H2,1H3. The van der Waals surface area contributed by atoms with Gasteiger partial charge in [-0.3, -0.25) is 9.59 Å². The molecule has 310 valence electrons. The lowest BCUT2D eigenvalue weighted by atomic mass is 9.85. The number of alkyl halides is 13. The first kappa shape index (κ1) is 42.8. The molecule has 0 radical (unpaired) electrons. The highest BCUT2D eigenvalue weighted by Gasteiger charge is 2.91. The van der Waals surface area contributed by atoms with Gasteiger partial charge in [0.05, 0.1) is 12.3 Å². The molecule has 0 saturated carbocycles. The first-order valence-electron chi connectivity index (χ1n) is 17.7. The van der Waals surface area contributed by atoms with Gasteiger partial charge in [0.15, 0.2) is 0 Å². The van der Waals surface area contributed by atoms with Crippen LogP contribution in [0.3, 0.4) is 0 Å². The average Bonchev–Trinajstić information content (AvgIpc) is 3.18. The maximum Gasteiger partial charge on any atom is 0.460 e. The van der Waals surface area contributed by atoms with Crippen molar-refractivity contribution in [2.24, 2.45) is 0 Å². The number of nitrogens with zero attached hydrogens (tertiary/aromatic N) is 1. The first-order valence-corrected chi connectivity index (χ1v) is 17.7. The third-order valence-corrected chi connectivity index (χ3v) is 9.73. The predicted molar refractivity (Wildman–Crippen MR) is 191 cm³/mol. The second-order valence-corrected chi connectivity index (χ2v) is 13.6. The molecular weight excluding hydrogens is 813 g/mol. The van der Waals surface area contributed by atoms with Gasteiger partial charge >= 0.3 is 35.8 Å². The molecule has 0 N–H and O–H groups in total. The molecule has 0 aromatic heterocycles. The van der Waals surface area contributed by atoms with E-state index in [1.807, 2.05) is 30.3 Å². The highest BCUT2D eigenvalue weighted by Crippen LogP contribution is 2.62. The van der Waals surface area contributed by atoms with E-state index < -0.39 is 75.1 Å². The fourth-order valence-electron chi connectivity index (χ4n) is 6.49. The van der Waals surface area contributed by atoms with Gasteiger partial charge in [-0.05, 0) is 83.2 Å². The van der Waals surface area contributed by atoms with Crippen LogP contribution < -0.4 is 9.64 Å². The largest absolute Gasteiger partial charge is 0.494 e. The molecule has 59 heavy (non-hydrogen) atoms. The third kappa shape index (κ3) is 7.09. The maximum absolute atomic E-state index is 15.4. The smallest absolute Gasteiger partial charge is 0.460 e. The van der Waals surface area contributed by atoms with Gasteiger partial charge in [-0.25, -0.2) is 4.90 Å². The molecule has 1 heterocycles. The number of carbonyl (C=O) groups excluding carboxylic acids is 2. The van der Waals surface area contributed by atoms with E-state index in [0.717, 1.165) is 54.3 Å². The van der Waals surface area contributed by atoms with Crippen LogP contribution >= 0.6 is 0 Å². The number of fused-ring (bicyclic) bond motifs is 1. The van der Waals surface area contributed by atoms with Crippen molar-refractivity contribution in [3.8, 4) is 17.6 Å². The van der Waals surface area contributed by atoms with E-state index in [1.54, 1.807) is 6.07 Å². The van der Waals surface area contributed by atoms with Crippen molar-refractivity contribution in [2.45, 2.75) is 68.4 Å². The Balaban J connectivity index is 1.25. The van der Waals surface area contributed by atoms with Crippen molar-refractivity contribution >= 4 is 39.0 Å². The number of ether oxygens (including phenoxy) is 1. The van der Waals surface area contributed by atoms with Crippen molar-refractivity contribution < 1.29 is 71.4 Å². The molecule has 0 unspecified atom stereocenters. The maximum atomic E-state index is 15.4. The lowest BCUT2D eigenvalue weighted by Gasteiger charge is -2.40. The molecule has 1 aliphatic heterocycles. The van der Waals surface area contributed by atoms with Gasteiger partial charge < -0.3 is 4.74 Å². The van der Waals surface area contributed by atoms with E-state index >= 15 is 8.78 Å². The van der Waals surface area contributed by atoms with E-state index in [1.165, 1.54) is 24.3 Å². The zero-order valence-corrected chi connectivity index (χ0v) is 30.3. The third-order valence-electron chi connectivity index (χ3n) is 9.73. The molecule has 0 bridgehead atoms. The van der Waals surface area contributed by atoms with Gasteiger partial charge in [-0.15, -0.1) is 0 Å². The van der Waals surface area contributed by atoms with Crippen molar-refractivity contribution in [3.63, 3.8) is 0 Å². The van der Waals surface area contributed by atoms with E-state index in [0.29, 0.717) is 34.8 Å². The Morgan fingerprint density at radius 3 is 1.80 bits per heavy atom. The van der Waals surface area contributed by atoms with Crippen molar-refractivity contribution in [1.29, 1.82) is 0 Å². The molecule has 0 saturated heterocycles. The fraction of sp³-hybridized carbons (Fsp3) is 0.286. The van der Waals surface area contributed by atoms with Crippen LogP contribution in [0.2, 0.25) is 0 Å². The highest BCUT2D eigenvalue weighted by molar-refractivity contribution is 6.36. The summed E-state index contributed by atoms with van der Waals surface area (Å²) in [4.78, 5) is 27.8. The summed E-state index contributed by atoms with van der Waals surface area (Å²) in [5.41, 5.74) is -2.56. The molecule has 4 nitrogen and oxygen atoms in total. The minimum atomic E-state index is -8.09. The number of anilines is 1. The van der Waals surface area contributed by atoms with Gasteiger partial charge in [0.2, 0.25) is 0 Å². The zero-order valence-electron chi connectivity index (χ0n) is 30.3. The summed E-state index contributed by atoms with van der Waals surface area (Å²) >= 11 is 0. The predicted octanol–water partition coefficient (Wildman–Crippen LogP) is 12.3. The van der Waals surface area contributed by atoms with Crippen LogP contribution in [0.5, 0.6) is 5.75 Å². The molecule has 5 aromatic rings. The van der Waals surface area contributed by atoms with Crippen LogP contribution in [0.15, 0.2) is 91.0 Å². The Morgan fingerprint density at radius 2 is 1.15 bits per heavy atom. The van der Waals surface area contributed by atoms with Crippen LogP contribution in [0, 0.1) is 11.8 Å². The van der Waals surface area contributed by atoms with Crippen LogP contribution in [-0.2, 0) is 5.92 Å². The van der Waals surface area contributed by atoms with Crippen LogP contribution in [0.1, 0.15) is 70.0 Å². The molecule has 1 aliphatic rings. The van der Waals surface area contributed by atoms with Gasteiger partial charge in [0.25, 0.3) is 11.8 Å². The van der Waals surface area contributed by atoms with Crippen molar-refractivity contribution in [3.05, 3.63) is 119 Å². The van der Waals surface area contributed by atoms with E-state index in [2.05, 4.69) is 18.8 Å². The second-order valence-electron chi connectivity index (χ2n) is 13.6. The number of rotatable bonds is 12. The Kier molecular flexibility index (Phi) is 11.0. The number of hydrogen-bond acceptors (Lipinski definition) is 3. The topological polar surface area (TPSA) is 46.6 Å². The number of halogens is 13.